The van der Waals surface area contributed by atoms with Gasteiger partial charge in [-0.2, -0.15) is 5.26 Å². The molecule has 2 aliphatic carbocycles. The van der Waals surface area contributed by atoms with Gasteiger partial charge >= 0.3 is 5.79 Å². The molecule has 25 heavy (non-hydrogen) atoms. The Morgan fingerprint density at radius 2 is 1.60 bits per heavy atom. The molecule has 0 radical (unpaired) electrons. The van der Waals surface area contributed by atoms with Crippen molar-refractivity contribution in [1.29, 1.82) is 5.26 Å². The van der Waals surface area contributed by atoms with Gasteiger partial charge in [-0.1, -0.05) is 0 Å². The Kier molecular flexibility index (Phi) is 3.86. The van der Waals surface area contributed by atoms with Gasteiger partial charge in [-0.05, 0) is 25.7 Å². The van der Waals surface area contributed by atoms with Crippen LogP contribution in [0.4, 0.5) is 0 Å². The van der Waals surface area contributed by atoms with Crippen LogP contribution < -0.4 is 0 Å². The molecule has 0 amide bonds. The Bertz CT molecular complexity index is 653. The van der Waals surface area contributed by atoms with E-state index in [2.05, 4.69) is 0 Å². The van der Waals surface area contributed by atoms with E-state index < -0.39 is 44.2 Å². The molecular formula is C12H15N5O8. The third-order valence-corrected chi connectivity index (χ3v) is 5.50. The van der Waals surface area contributed by atoms with Crippen molar-refractivity contribution in [3.63, 3.8) is 0 Å². The van der Waals surface area contributed by atoms with Crippen molar-refractivity contribution in [2.24, 2.45) is 0 Å². The lowest BCUT2D eigenvalue weighted by Gasteiger charge is -2.53. The van der Waals surface area contributed by atoms with Gasteiger partial charge in [0.15, 0.2) is 18.1 Å². The monoisotopic (exact) mass is 357 g/mol. The molecule has 136 valence electrons. The highest BCUT2D eigenvalue weighted by Gasteiger charge is 2.76. The molecule has 0 aromatic carbocycles. The van der Waals surface area contributed by atoms with Gasteiger partial charge in [-0.3, -0.25) is 30.3 Å². The fraction of sp³-hybridized carbons (Fsp3) is 0.917. The summed E-state index contributed by atoms with van der Waals surface area (Å²) in [6.07, 6.45) is -0.198. The smallest absolute Gasteiger partial charge is 0.264 e. The molecule has 2 saturated carbocycles. The fourth-order valence-electron chi connectivity index (χ4n) is 3.69. The number of nitrogens with zero attached hydrogens (tertiary/aromatic N) is 5. The largest absolute Gasteiger partial charge is 0.570 e. The molecular weight excluding hydrogens is 342 g/mol. The molecule has 1 atom stereocenters. The summed E-state index contributed by atoms with van der Waals surface area (Å²) in [4.78, 5) is 42.1. The van der Waals surface area contributed by atoms with Gasteiger partial charge in [-0.25, -0.2) is 9.68 Å². The molecule has 1 aliphatic heterocycles. The van der Waals surface area contributed by atoms with Crippen molar-refractivity contribution in [2.75, 3.05) is 0 Å². The first-order valence-electron chi connectivity index (χ1n) is 7.73. The van der Waals surface area contributed by atoms with Crippen LogP contribution in [-0.2, 0) is 9.68 Å². The molecule has 13 heteroatoms. The summed E-state index contributed by atoms with van der Waals surface area (Å²) >= 11 is 0. The average Bonchev–Trinajstić information content (AvgIpc) is 2.82. The van der Waals surface area contributed by atoms with Crippen molar-refractivity contribution >= 4 is 0 Å². The van der Waals surface area contributed by atoms with Gasteiger partial charge in [0.2, 0.25) is 0 Å². The first-order valence-corrected chi connectivity index (χ1v) is 7.73. The highest BCUT2D eigenvalue weighted by Crippen LogP contribution is 2.56. The Morgan fingerprint density at radius 1 is 1.04 bits per heavy atom. The summed E-state index contributed by atoms with van der Waals surface area (Å²) < 4.78 is 0. The molecule has 0 N–H and O–H groups in total. The second kappa shape index (κ2) is 5.55. The fourth-order valence-corrected chi connectivity index (χ4v) is 3.69. The lowest BCUT2D eigenvalue weighted by molar-refractivity contribution is -0.855. The first kappa shape index (κ1) is 17.4. The predicted octanol–water partition coefficient (Wildman–Crippen LogP) is 0.777. The van der Waals surface area contributed by atoms with Crippen LogP contribution in [0.5, 0.6) is 0 Å². The van der Waals surface area contributed by atoms with E-state index in [4.69, 9.17) is 14.9 Å². The SMILES string of the molecule is N#CC1CC([N+](=O)[O-])([N+](=O)[O-])N(OC2(C3([N+](=O)[O-])CCC3)CCC2)O1. The van der Waals surface area contributed by atoms with Crippen LogP contribution in [0.3, 0.4) is 0 Å². The topological polar surface area (TPSA) is 175 Å². The van der Waals surface area contributed by atoms with Crippen LogP contribution in [0.25, 0.3) is 0 Å². The van der Waals surface area contributed by atoms with Gasteiger partial charge in [0.05, 0.1) is 11.3 Å². The molecule has 0 spiro atoms. The quantitative estimate of drug-likeness (QED) is 0.375. The van der Waals surface area contributed by atoms with Crippen LogP contribution in [0.2, 0.25) is 0 Å². The minimum absolute atomic E-state index is 0.115. The van der Waals surface area contributed by atoms with Gasteiger partial charge in [-0.15, -0.1) is 0 Å². The Balaban J connectivity index is 1.96. The number of hydroxylamine groups is 2. The second-order valence-electron chi connectivity index (χ2n) is 6.55. The molecule has 0 aromatic heterocycles. The Hall–Kier alpha value is -2.43. The molecule has 3 rings (SSSR count). The second-order valence-corrected chi connectivity index (χ2v) is 6.55. The van der Waals surface area contributed by atoms with E-state index in [1.165, 1.54) is 0 Å². The van der Waals surface area contributed by atoms with Crippen molar-refractivity contribution in [3.05, 3.63) is 30.3 Å². The van der Waals surface area contributed by atoms with Crippen molar-refractivity contribution in [3.8, 4) is 6.07 Å². The maximum atomic E-state index is 11.6. The summed E-state index contributed by atoms with van der Waals surface area (Å²) in [6, 6.07) is 1.58. The molecule has 1 heterocycles. The van der Waals surface area contributed by atoms with Crippen LogP contribution in [0.15, 0.2) is 0 Å². The Morgan fingerprint density at radius 3 is 1.92 bits per heavy atom. The third-order valence-electron chi connectivity index (χ3n) is 5.50. The zero-order valence-electron chi connectivity index (χ0n) is 13.0. The van der Waals surface area contributed by atoms with Crippen molar-refractivity contribution in [2.45, 2.75) is 68.0 Å². The normalized spacial score (nSPS) is 29.0. The minimum atomic E-state index is -3.01. The molecule has 13 nitrogen and oxygen atoms in total. The average molecular weight is 357 g/mol. The summed E-state index contributed by atoms with van der Waals surface area (Å²) in [6.45, 7) is 0. The maximum Gasteiger partial charge on any atom is 0.570 e. The summed E-state index contributed by atoms with van der Waals surface area (Å²) in [5, 5.41) is 43.5. The lowest BCUT2D eigenvalue weighted by atomic mass is 9.57. The van der Waals surface area contributed by atoms with Gasteiger partial charge in [0, 0.05) is 17.8 Å². The number of nitro groups is 3. The Labute approximate surface area is 140 Å². The van der Waals surface area contributed by atoms with Crippen molar-refractivity contribution in [1.82, 2.24) is 5.23 Å². The predicted molar refractivity (Wildman–Crippen MR) is 74.9 cm³/mol. The summed E-state index contributed by atoms with van der Waals surface area (Å²) in [5.74, 6) is -3.01. The molecule has 1 unspecified atom stereocenters. The highest BCUT2D eigenvalue weighted by molar-refractivity contribution is 5.11. The molecule has 3 fully saturated rings. The molecule has 0 aromatic rings. The minimum Gasteiger partial charge on any atom is -0.264 e. The standard InChI is InChI=1S/C12H15N5O8/c13-8-9-7-12(15(20)21,16(22)23)17(24-9)25-11(5-2-6-11)10(14(18)19)3-1-4-10/h9H,1-7H2. The number of nitriles is 1. The molecule has 3 aliphatic rings. The third kappa shape index (κ3) is 2.11. The van der Waals surface area contributed by atoms with Crippen LogP contribution in [0, 0.1) is 41.7 Å². The van der Waals surface area contributed by atoms with E-state index in [1.807, 2.05) is 0 Å². The van der Waals surface area contributed by atoms with E-state index in [9.17, 15) is 30.3 Å². The summed E-state index contributed by atoms with van der Waals surface area (Å²) in [5.41, 5.74) is -2.85. The van der Waals surface area contributed by atoms with E-state index in [0.29, 0.717) is 12.8 Å². The van der Waals surface area contributed by atoms with Gasteiger partial charge in [0.25, 0.3) is 5.54 Å². The number of hydrogen-bond donors (Lipinski definition) is 0. The first-order chi connectivity index (χ1) is 11.7. The zero-order chi connectivity index (χ0) is 18.5. The van der Waals surface area contributed by atoms with Crippen molar-refractivity contribution < 1.29 is 24.4 Å². The van der Waals surface area contributed by atoms with Crippen LogP contribution in [-0.4, -0.2) is 43.0 Å². The van der Waals surface area contributed by atoms with Gasteiger partial charge in [0.1, 0.15) is 9.85 Å². The highest BCUT2D eigenvalue weighted by atomic mass is 17.0. The molecule has 1 saturated heterocycles. The lowest BCUT2D eigenvalue weighted by Crippen LogP contribution is -2.70. The van der Waals surface area contributed by atoms with E-state index in [1.54, 1.807) is 6.07 Å². The van der Waals surface area contributed by atoms with E-state index in [0.717, 1.165) is 0 Å². The molecule has 0 bridgehead atoms. The summed E-state index contributed by atoms with van der Waals surface area (Å²) in [7, 11) is 0. The van der Waals surface area contributed by atoms with Crippen LogP contribution in [0.1, 0.15) is 44.9 Å². The zero-order valence-corrected chi connectivity index (χ0v) is 13.0. The van der Waals surface area contributed by atoms with E-state index in [-0.39, 0.29) is 30.9 Å². The van der Waals surface area contributed by atoms with Crippen LogP contribution >= 0.6 is 0 Å². The number of hydrogen-bond acceptors (Lipinski definition) is 10. The van der Waals surface area contributed by atoms with E-state index >= 15 is 0 Å². The van der Waals surface area contributed by atoms with Gasteiger partial charge < -0.3 is 0 Å². The number of rotatable bonds is 6. The maximum absolute atomic E-state index is 11.6.